The van der Waals surface area contributed by atoms with Crippen molar-refractivity contribution in [3.8, 4) is 0 Å². The van der Waals surface area contributed by atoms with Gasteiger partial charge in [0.25, 0.3) is 0 Å². The second-order valence-corrected chi connectivity index (χ2v) is 5.95. The first-order chi connectivity index (χ1) is 8.02. The lowest BCUT2D eigenvalue weighted by Gasteiger charge is -2.29. The summed E-state index contributed by atoms with van der Waals surface area (Å²) in [5.41, 5.74) is 2.28. The van der Waals surface area contributed by atoms with Crippen molar-refractivity contribution in [2.75, 3.05) is 22.4 Å². The van der Waals surface area contributed by atoms with E-state index in [2.05, 4.69) is 5.32 Å². The highest BCUT2D eigenvalue weighted by molar-refractivity contribution is 7.92. The molecule has 1 heterocycles. The summed E-state index contributed by atoms with van der Waals surface area (Å²) in [7, 11) is -3.25. The highest BCUT2D eigenvalue weighted by Crippen LogP contribution is 2.31. The quantitative estimate of drug-likeness (QED) is 0.817. The molecule has 0 bridgehead atoms. The molecule has 92 valence electrons. The van der Waals surface area contributed by atoms with Crippen molar-refractivity contribution in [3.05, 3.63) is 23.8 Å². The Morgan fingerprint density at radius 2 is 2.18 bits per heavy atom. The second kappa shape index (κ2) is 4.37. The molecule has 0 atom stereocenters. The maximum absolute atomic E-state index is 11.7. The number of hydrogen-bond acceptors (Lipinski definition) is 3. The van der Waals surface area contributed by atoms with E-state index in [-0.39, 0.29) is 0 Å². The van der Waals surface area contributed by atoms with Gasteiger partial charge in [-0.1, -0.05) is 6.07 Å². The van der Waals surface area contributed by atoms with E-state index < -0.39 is 10.0 Å². The van der Waals surface area contributed by atoms with Gasteiger partial charge in [0, 0.05) is 12.2 Å². The lowest BCUT2D eigenvalue weighted by Crippen LogP contribution is -2.34. The molecule has 6 heteroatoms. The number of fused-ring (bicyclic) bond motifs is 1. The van der Waals surface area contributed by atoms with Gasteiger partial charge < -0.3 is 5.32 Å². The molecule has 1 aromatic carbocycles. The zero-order chi connectivity index (χ0) is 12.5. The second-order valence-electron chi connectivity index (χ2n) is 4.04. The number of nitrogens with zero attached hydrogens (tertiary/aromatic N) is 1. The number of nitrogens with one attached hydrogen (secondary N) is 1. The molecule has 1 aromatic rings. The third-order valence-electron chi connectivity index (χ3n) is 2.79. The molecule has 17 heavy (non-hydrogen) atoms. The molecule has 0 spiro atoms. The summed E-state index contributed by atoms with van der Waals surface area (Å²) in [6.45, 7) is 0.496. The van der Waals surface area contributed by atoms with Crippen molar-refractivity contribution >= 4 is 27.8 Å². The van der Waals surface area contributed by atoms with Crippen molar-refractivity contribution in [2.45, 2.75) is 12.8 Å². The summed E-state index contributed by atoms with van der Waals surface area (Å²) < 4.78 is 24.7. The monoisotopic (exact) mass is 254 g/mol. The van der Waals surface area contributed by atoms with Crippen LogP contribution in [0.25, 0.3) is 0 Å². The van der Waals surface area contributed by atoms with Gasteiger partial charge in [-0.05, 0) is 30.5 Å². The summed E-state index contributed by atoms with van der Waals surface area (Å²) in [6, 6.07) is 5.33. The first-order valence-corrected chi connectivity index (χ1v) is 7.18. The number of hydrogen-bond donors (Lipinski definition) is 1. The standard InChI is InChI=1S/C11H14N2O3S/c1-17(15,16)13-6-2-3-9-4-5-10(12-8-14)7-11(9)13/h4-5,7-8H,2-3,6H2,1H3,(H,12,14). The van der Waals surface area contributed by atoms with Crippen LogP contribution in [0.3, 0.4) is 0 Å². The van der Waals surface area contributed by atoms with Gasteiger partial charge in [-0.25, -0.2) is 8.42 Å². The lowest BCUT2D eigenvalue weighted by molar-refractivity contribution is -0.105. The van der Waals surface area contributed by atoms with E-state index in [1.54, 1.807) is 12.1 Å². The van der Waals surface area contributed by atoms with Crippen LogP contribution >= 0.6 is 0 Å². The number of carbonyl (C=O) groups excluding carboxylic acids is 1. The highest BCUT2D eigenvalue weighted by Gasteiger charge is 2.23. The zero-order valence-corrected chi connectivity index (χ0v) is 10.3. The molecule has 0 radical (unpaired) electrons. The number of amides is 1. The summed E-state index contributed by atoms with van der Waals surface area (Å²) in [5, 5.41) is 2.53. The smallest absolute Gasteiger partial charge is 0.232 e. The zero-order valence-electron chi connectivity index (χ0n) is 9.51. The number of aryl methyl sites for hydroxylation is 1. The molecule has 0 unspecified atom stereocenters. The maximum atomic E-state index is 11.7. The average Bonchev–Trinajstić information content (AvgIpc) is 2.27. The number of carbonyl (C=O) groups is 1. The Hall–Kier alpha value is -1.56. The molecule has 5 nitrogen and oxygen atoms in total. The molecule has 0 aliphatic carbocycles. The Bertz CT molecular complexity index is 540. The van der Waals surface area contributed by atoms with E-state index in [1.165, 1.54) is 10.6 Å². The molecule has 0 fully saturated rings. The van der Waals surface area contributed by atoms with Crippen LogP contribution in [0.4, 0.5) is 11.4 Å². The van der Waals surface area contributed by atoms with Crippen molar-refractivity contribution in [1.82, 2.24) is 0 Å². The molecule has 1 aliphatic heterocycles. The predicted octanol–water partition coefficient (Wildman–Crippen LogP) is 0.967. The van der Waals surface area contributed by atoms with E-state index in [0.717, 1.165) is 18.4 Å². The third-order valence-corrected chi connectivity index (χ3v) is 3.97. The van der Waals surface area contributed by atoms with Gasteiger partial charge in [-0.2, -0.15) is 0 Å². The minimum Gasteiger partial charge on any atom is -0.329 e. The molecule has 1 aliphatic rings. The molecular formula is C11H14N2O3S. The van der Waals surface area contributed by atoms with Crippen LogP contribution < -0.4 is 9.62 Å². The van der Waals surface area contributed by atoms with E-state index in [0.29, 0.717) is 24.3 Å². The Labute approximate surface area is 100 Å². The van der Waals surface area contributed by atoms with Crippen LogP contribution in [0.2, 0.25) is 0 Å². The minimum atomic E-state index is -3.25. The van der Waals surface area contributed by atoms with Crippen molar-refractivity contribution in [3.63, 3.8) is 0 Å². The predicted molar refractivity (Wildman–Crippen MR) is 66.6 cm³/mol. The van der Waals surface area contributed by atoms with Gasteiger partial charge >= 0.3 is 0 Å². The molecule has 1 N–H and O–H groups in total. The minimum absolute atomic E-state index is 0.496. The molecule has 2 rings (SSSR count). The maximum Gasteiger partial charge on any atom is 0.232 e. The fraction of sp³-hybridized carbons (Fsp3) is 0.364. The fourth-order valence-corrected chi connectivity index (χ4v) is 3.03. The van der Waals surface area contributed by atoms with Gasteiger partial charge in [-0.3, -0.25) is 9.10 Å². The van der Waals surface area contributed by atoms with E-state index in [9.17, 15) is 13.2 Å². The van der Waals surface area contributed by atoms with Gasteiger partial charge in [-0.15, -0.1) is 0 Å². The summed E-state index contributed by atoms with van der Waals surface area (Å²) in [4.78, 5) is 10.4. The van der Waals surface area contributed by atoms with E-state index >= 15 is 0 Å². The fourth-order valence-electron chi connectivity index (χ4n) is 2.04. The van der Waals surface area contributed by atoms with Gasteiger partial charge in [0.15, 0.2) is 0 Å². The van der Waals surface area contributed by atoms with E-state index in [4.69, 9.17) is 0 Å². The largest absolute Gasteiger partial charge is 0.329 e. The average molecular weight is 254 g/mol. The first-order valence-electron chi connectivity index (χ1n) is 5.33. The van der Waals surface area contributed by atoms with Crippen LogP contribution in [0.1, 0.15) is 12.0 Å². The summed E-state index contributed by atoms with van der Waals surface area (Å²) in [6.07, 6.45) is 3.46. The van der Waals surface area contributed by atoms with Crippen LogP contribution in [-0.2, 0) is 21.2 Å². The normalized spacial score (nSPS) is 15.2. The number of rotatable bonds is 3. The Kier molecular flexibility index (Phi) is 3.06. The Balaban J connectivity index is 2.48. The SMILES string of the molecule is CS(=O)(=O)N1CCCc2ccc(NC=O)cc21. The molecule has 0 aromatic heterocycles. The van der Waals surface area contributed by atoms with Gasteiger partial charge in [0.1, 0.15) is 0 Å². The van der Waals surface area contributed by atoms with Crippen molar-refractivity contribution in [1.29, 1.82) is 0 Å². The summed E-state index contributed by atoms with van der Waals surface area (Å²) >= 11 is 0. The number of benzene rings is 1. The lowest BCUT2D eigenvalue weighted by atomic mass is 10.0. The van der Waals surface area contributed by atoms with Crippen LogP contribution in [-0.4, -0.2) is 27.6 Å². The van der Waals surface area contributed by atoms with Gasteiger partial charge in [0.05, 0.1) is 11.9 Å². The first kappa shape index (κ1) is 11.9. The van der Waals surface area contributed by atoms with Crippen LogP contribution in [0.5, 0.6) is 0 Å². The topological polar surface area (TPSA) is 66.5 Å². The van der Waals surface area contributed by atoms with Crippen molar-refractivity contribution < 1.29 is 13.2 Å². The molecule has 1 amide bonds. The number of sulfonamides is 1. The van der Waals surface area contributed by atoms with Crippen LogP contribution in [0, 0.1) is 0 Å². The van der Waals surface area contributed by atoms with Crippen molar-refractivity contribution in [2.24, 2.45) is 0 Å². The molecule has 0 saturated heterocycles. The molecule has 0 saturated carbocycles. The Morgan fingerprint density at radius 3 is 2.82 bits per heavy atom. The van der Waals surface area contributed by atoms with Gasteiger partial charge in [0.2, 0.25) is 16.4 Å². The summed E-state index contributed by atoms with van der Waals surface area (Å²) in [5.74, 6) is 0. The van der Waals surface area contributed by atoms with Crippen LogP contribution in [0.15, 0.2) is 18.2 Å². The Morgan fingerprint density at radius 1 is 1.41 bits per heavy atom. The third kappa shape index (κ3) is 2.41. The molecular weight excluding hydrogens is 240 g/mol. The van der Waals surface area contributed by atoms with E-state index in [1.807, 2.05) is 6.07 Å². The number of anilines is 2. The highest BCUT2D eigenvalue weighted by atomic mass is 32.2.